The van der Waals surface area contributed by atoms with Crippen LogP contribution < -0.4 is 0 Å². The van der Waals surface area contributed by atoms with E-state index >= 15 is 0 Å². The van der Waals surface area contributed by atoms with E-state index in [2.05, 4.69) is 33.8 Å². The summed E-state index contributed by atoms with van der Waals surface area (Å²) in [6, 6.07) is 0. The summed E-state index contributed by atoms with van der Waals surface area (Å²) in [7, 11) is 0. The highest BCUT2D eigenvalue weighted by Crippen LogP contribution is 2.69. The average Bonchev–Trinajstić information content (AvgIpc) is 2.55. The molecule has 0 aromatic carbocycles. The van der Waals surface area contributed by atoms with Gasteiger partial charge in [0.05, 0.1) is 0 Å². The molecule has 4 atom stereocenters. The van der Waals surface area contributed by atoms with E-state index in [1.54, 1.807) is 5.57 Å². The maximum Gasteiger partial charge on any atom is -0.0166 e. The van der Waals surface area contributed by atoms with Crippen LogP contribution in [0.4, 0.5) is 0 Å². The van der Waals surface area contributed by atoms with Crippen molar-refractivity contribution in [1.82, 2.24) is 0 Å². The molecular weight excluding hydrogens is 180 g/mol. The lowest BCUT2D eigenvalue weighted by Crippen LogP contribution is -2.46. The van der Waals surface area contributed by atoms with Crippen LogP contribution in [-0.2, 0) is 0 Å². The van der Waals surface area contributed by atoms with Crippen molar-refractivity contribution in [2.45, 2.75) is 53.4 Å². The van der Waals surface area contributed by atoms with E-state index in [1.165, 1.54) is 25.7 Å². The Morgan fingerprint density at radius 1 is 1.27 bits per heavy atom. The molecule has 0 aromatic rings. The van der Waals surface area contributed by atoms with E-state index in [4.69, 9.17) is 0 Å². The van der Waals surface area contributed by atoms with Crippen LogP contribution >= 0.6 is 0 Å². The summed E-state index contributed by atoms with van der Waals surface area (Å²) in [5.41, 5.74) is 2.91. The fourth-order valence-electron chi connectivity index (χ4n) is 5.01. The zero-order valence-corrected chi connectivity index (χ0v) is 10.6. The van der Waals surface area contributed by atoms with Gasteiger partial charge in [0.1, 0.15) is 0 Å². The topological polar surface area (TPSA) is 0 Å². The number of hydrogen-bond acceptors (Lipinski definition) is 0. The van der Waals surface area contributed by atoms with Crippen LogP contribution in [0.25, 0.3) is 0 Å². The predicted molar refractivity (Wildman–Crippen MR) is 64.6 cm³/mol. The molecule has 0 saturated heterocycles. The van der Waals surface area contributed by atoms with Crippen molar-refractivity contribution in [3.63, 3.8) is 0 Å². The van der Waals surface area contributed by atoms with E-state index < -0.39 is 0 Å². The van der Waals surface area contributed by atoms with Gasteiger partial charge in [0.25, 0.3) is 0 Å². The number of allylic oxidation sites excluding steroid dienone is 2. The molecule has 0 heterocycles. The Morgan fingerprint density at radius 2 is 2.00 bits per heavy atom. The molecule has 2 bridgehead atoms. The summed E-state index contributed by atoms with van der Waals surface area (Å²) >= 11 is 0. The first kappa shape index (κ1) is 9.93. The van der Waals surface area contributed by atoms with Gasteiger partial charge in [-0.3, -0.25) is 0 Å². The van der Waals surface area contributed by atoms with Crippen LogP contribution in [0.15, 0.2) is 11.6 Å². The van der Waals surface area contributed by atoms with Crippen LogP contribution in [0, 0.1) is 28.6 Å². The molecule has 3 aliphatic rings. The number of hydrogen-bond donors (Lipinski definition) is 0. The quantitative estimate of drug-likeness (QED) is 0.513. The largest absolute Gasteiger partial charge is 0.0850 e. The molecule has 0 unspecified atom stereocenters. The van der Waals surface area contributed by atoms with Gasteiger partial charge < -0.3 is 0 Å². The Labute approximate surface area is 94.1 Å². The van der Waals surface area contributed by atoms with Gasteiger partial charge in [-0.15, -0.1) is 0 Å². The van der Waals surface area contributed by atoms with Gasteiger partial charge in [0.15, 0.2) is 0 Å². The molecule has 0 amide bonds. The molecule has 0 spiro atoms. The molecule has 84 valence electrons. The maximum atomic E-state index is 2.58. The van der Waals surface area contributed by atoms with Crippen molar-refractivity contribution in [3.8, 4) is 0 Å². The second-order valence-corrected chi connectivity index (χ2v) is 7.01. The molecule has 0 aromatic heterocycles. The minimum atomic E-state index is 0.590. The third-order valence-electron chi connectivity index (χ3n) is 6.63. The van der Waals surface area contributed by atoms with Crippen molar-refractivity contribution >= 4 is 0 Å². The summed E-state index contributed by atoms with van der Waals surface area (Å²) < 4.78 is 0. The minimum absolute atomic E-state index is 0.590. The molecule has 2 fully saturated rings. The summed E-state index contributed by atoms with van der Waals surface area (Å²) in [4.78, 5) is 0. The molecule has 2 saturated carbocycles. The molecule has 3 aliphatic carbocycles. The molecular formula is C15H24. The summed E-state index contributed by atoms with van der Waals surface area (Å²) in [5.74, 6) is 2.90. The average molecular weight is 204 g/mol. The lowest BCUT2D eigenvalue weighted by molar-refractivity contribution is -0.0371. The highest BCUT2D eigenvalue weighted by Gasteiger charge is 2.61. The van der Waals surface area contributed by atoms with Crippen LogP contribution in [0.1, 0.15) is 53.4 Å². The molecule has 15 heavy (non-hydrogen) atoms. The standard InChI is InChI=1S/C15H24/c1-10-5-6-13-12(10)9-11-7-8-15(13,4)14(11,2)3/h5,11-13H,6-9H2,1-4H3/t11-,12+,13-,15+/m1/s1. The van der Waals surface area contributed by atoms with E-state index in [0.717, 1.165) is 17.8 Å². The zero-order chi connectivity index (χ0) is 10.8. The molecule has 0 aliphatic heterocycles. The van der Waals surface area contributed by atoms with Crippen LogP contribution in [0.2, 0.25) is 0 Å². The lowest BCUT2D eigenvalue weighted by atomic mass is 9.51. The van der Waals surface area contributed by atoms with Crippen molar-refractivity contribution in [1.29, 1.82) is 0 Å². The summed E-state index contributed by atoms with van der Waals surface area (Å²) in [6.07, 6.45) is 8.34. The second kappa shape index (κ2) is 2.70. The SMILES string of the molecule is CC1=CC[C@@H]2[C@H]1C[C@H]1CC[C@]2(C)C1(C)C. The Morgan fingerprint density at radius 3 is 2.73 bits per heavy atom. The fraction of sp³-hybridized carbons (Fsp3) is 0.867. The smallest absolute Gasteiger partial charge is 0.0166 e. The van der Waals surface area contributed by atoms with Gasteiger partial charge >= 0.3 is 0 Å². The van der Waals surface area contributed by atoms with Crippen molar-refractivity contribution in [2.75, 3.05) is 0 Å². The van der Waals surface area contributed by atoms with Gasteiger partial charge in [-0.2, -0.15) is 0 Å². The Hall–Kier alpha value is -0.260. The Balaban J connectivity index is 2.04. The first-order valence-electron chi connectivity index (χ1n) is 6.63. The first-order chi connectivity index (χ1) is 6.97. The van der Waals surface area contributed by atoms with Gasteiger partial charge in [-0.05, 0) is 61.2 Å². The van der Waals surface area contributed by atoms with Crippen LogP contribution in [0.5, 0.6) is 0 Å². The summed E-state index contributed by atoms with van der Waals surface area (Å²) in [5, 5.41) is 0. The normalized spacial score (nSPS) is 51.5. The minimum Gasteiger partial charge on any atom is -0.0850 e. The van der Waals surface area contributed by atoms with Crippen molar-refractivity contribution in [2.24, 2.45) is 28.6 Å². The Kier molecular flexibility index (Phi) is 1.79. The third kappa shape index (κ3) is 0.990. The predicted octanol–water partition coefficient (Wildman–Crippen LogP) is 4.42. The van der Waals surface area contributed by atoms with E-state index in [0.29, 0.717) is 10.8 Å². The summed E-state index contributed by atoms with van der Waals surface area (Å²) in [6.45, 7) is 10.0. The monoisotopic (exact) mass is 204 g/mol. The van der Waals surface area contributed by atoms with E-state index in [9.17, 15) is 0 Å². The van der Waals surface area contributed by atoms with Gasteiger partial charge in [-0.25, -0.2) is 0 Å². The second-order valence-electron chi connectivity index (χ2n) is 7.01. The zero-order valence-electron chi connectivity index (χ0n) is 10.6. The molecule has 0 radical (unpaired) electrons. The first-order valence-corrected chi connectivity index (χ1v) is 6.63. The third-order valence-corrected chi connectivity index (χ3v) is 6.63. The molecule has 3 rings (SSSR count). The highest BCUT2D eigenvalue weighted by molar-refractivity contribution is 5.22. The van der Waals surface area contributed by atoms with Crippen molar-refractivity contribution in [3.05, 3.63) is 11.6 Å². The van der Waals surface area contributed by atoms with Gasteiger partial charge in [0.2, 0.25) is 0 Å². The number of rotatable bonds is 0. The molecule has 0 N–H and O–H groups in total. The maximum absolute atomic E-state index is 2.58. The lowest BCUT2D eigenvalue weighted by Gasteiger charge is -2.53. The van der Waals surface area contributed by atoms with Gasteiger partial charge in [-0.1, -0.05) is 32.4 Å². The fourth-order valence-corrected chi connectivity index (χ4v) is 5.01. The molecule has 0 heteroatoms. The van der Waals surface area contributed by atoms with E-state index in [1.807, 2.05) is 0 Å². The van der Waals surface area contributed by atoms with Gasteiger partial charge in [0, 0.05) is 0 Å². The number of fused-ring (bicyclic) bond motifs is 4. The van der Waals surface area contributed by atoms with E-state index in [-0.39, 0.29) is 0 Å². The van der Waals surface area contributed by atoms with Crippen LogP contribution in [-0.4, -0.2) is 0 Å². The highest BCUT2D eigenvalue weighted by atomic mass is 14.7. The van der Waals surface area contributed by atoms with Crippen molar-refractivity contribution < 1.29 is 0 Å². The molecule has 0 nitrogen and oxygen atoms in total. The van der Waals surface area contributed by atoms with Crippen LogP contribution in [0.3, 0.4) is 0 Å². The Bertz CT molecular complexity index is 323.